The fourth-order valence-electron chi connectivity index (χ4n) is 0.813. The molecule has 2 N–H and O–H groups in total. The van der Waals surface area contributed by atoms with Gasteiger partial charge in [0.05, 0.1) is 17.6 Å². The maximum atomic E-state index is 13.0. The number of hydrazone groups is 1. The second-order valence-corrected chi connectivity index (χ2v) is 2.59. The molecular weight excluding hydrogens is 185 g/mol. The Labute approximate surface area is 80.8 Å². The van der Waals surface area contributed by atoms with Gasteiger partial charge in [-0.25, -0.2) is 4.39 Å². The fourth-order valence-corrected chi connectivity index (χ4v) is 0.813. The molecule has 1 aromatic carbocycles. The molecule has 0 radical (unpaired) electrons. The molecule has 0 amide bonds. The largest absolute Gasteiger partial charge is 0.411 e. The molecule has 0 spiro atoms. The van der Waals surface area contributed by atoms with Crippen molar-refractivity contribution in [3.63, 3.8) is 0 Å². The van der Waals surface area contributed by atoms with Crippen LogP contribution < -0.4 is 5.43 Å². The van der Waals surface area contributed by atoms with Crippen molar-refractivity contribution in [3.8, 4) is 0 Å². The third kappa shape index (κ3) is 2.85. The van der Waals surface area contributed by atoms with Crippen molar-refractivity contribution in [3.05, 3.63) is 30.1 Å². The van der Waals surface area contributed by atoms with E-state index in [1.165, 1.54) is 6.07 Å². The smallest absolute Gasteiger partial charge is 0.148 e. The summed E-state index contributed by atoms with van der Waals surface area (Å²) in [6.07, 6.45) is 1.15. The van der Waals surface area contributed by atoms with E-state index in [9.17, 15) is 4.39 Å². The van der Waals surface area contributed by atoms with Crippen molar-refractivity contribution in [2.24, 2.45) is 10.3 Å². The van der Waals surface area contributed by atoms with Crippen molar-refractivity contribution >= 4 is 17.6 Å². The summed E-state index contributed by atoms with van der Waals surface area (Å²) >= 11 is 0. The molecule has 0 aliphatic heterocycles. The summed E-state index contributed by atoms with van der Waals surface area (Å²) in [4.78, 5) is 0. The van der Waals surface area contributed by atoms with Crippen LogP contribution in [0, 0.1) is 5.82 Å². The van der Waals surface area contributed by atoms with E-state index in [4.69, 9.17) is 5.21 Å². The normalized spacial score (nSPS) is 12.0. The second kappa shape index (κ2) is 4.96. The van der Waals surface area contributed by atoms with Gasteiger partial charge in [-0.15, -0.1) is 0 Å². The first-order valence-electron chi connectivity index (χ1n) is 3.96. The fraction of sp³-hybridized carbons (Fsp3) is 0.111. The monoisotopic (exact) mass is 195 g/mol. The third-order valence-corrected chi connectivity index (χ3v) is 1.47. The van der Waals surface area contributed by atoms with Gasteiger partial charge in [0.15, 0.2) is 0 Å². The zero-order chi connectivity index (χ0) is 10.4. The van der Waals surface area contributed by atoms with Crippen LogP contribution >= 0.6 is 0 Å². The number of nitrogens with zero attached hydrogens (tertiary/aromatic N) is 2. The van der Waals surface area contributed by atoms with Gasteiger partial charge in [0.25, 0.3) is 0 Å². The number of nitrogens with one attached hydrogen (secondary N) is 1. The maximum absolute atomic E-state index is 13.0. The maximum Gasteiger partial charge on any atom is 0.148 e. The van der Waals surface area contributed by atoms with Gasteiger partial charge in [-0.2, -0.15) is 5.10 Å². The summed E-state index contributed by atoms with van der Waals surface area (Å²) in [5, 5.41) is 14.7. The van der Waals surface area contributed by atoms with Gasteiger partial charge in [-0.3, -0.25) is 5.43 Å². The molecule has 0 heterocycles. The first-order chi connectivity index (χ1) is 6.74. The molecule has 0 aromatic heterocycles. The van der Waals surface area contributed by atoms with Gasteiger partial charge in [0, 0.05) is 0 Å². The molecule has 0 bridgehead atoms. The molecule has 0 saturated carbocycles. The number of hydrogen-bond donors (Lipinski definition) is 2. The molecule has 5 heteroatoms. The van der Waals surface area contributed by atoms with Gasteiger partial charge in [0.1, 0.15) is 5.82 Å². The van der Waals surface area contributed by atoms with E-state index < -0.39 is 0 Å². The zero-order valence-electron chi connectivity index (χ0n) is 7.61. The number of benzene rings is 1. The highest BCUT2D eigenvalue weighted by Crippen LogP contribution is 2.11. The van der Waals surface area contributed by atoms with Crippen molar-refractivity contribution in [2.45, 2.75) is 6.92 Å². The van der Waals surface area contributed by atoms with E-state index in [2.05, 4.69) is 15.7 Å². The van der Waals surface area contributed by atoms with E-state index >= 15 is 0 Å². The predicted molar refractivity (Wildman–Crippen MR) is 53.4 cm³/mol. The van der Waals surface area contributed by atoms with Crippen LogP contribution in [0.5, 0.6) is 0 Å². The lowest BCUT2D eigenvalue weighted by molar-refractivity contribution is 0.322. The Hall–Kier alpha value is -1.91. The van der Waals surface area contributed by atoms with Gasteiger partial charge in [-0.05, 0) is 19.1 Å². The molecular formula is C9H10FN3O. The van der Waals surface area contributed by atoms with E-state index in [-0.39, 0.29) is 11.5 Å². The Balaban J connectivity index is 2.71. The molecule has 4 nitrogen and oxygen atoms in total. The molecule has 0 saturated heterocycles. The third-order valence-electron chi connectivity index (χ3n) is 1.47. The average Bonchev–Trinajstić information content (AvgIpc) is 2.17. The van der Waals surface area contributed by atoms with Crippen LogP contribution in [0.15, 0.2) is 34.5 Å². The van der Waals surface area contributed by atoms with Gasteiger partial charge < -0.3 is 5.21 Å². The Morgan fingerprint density at radius 3 is 2.86 bits per heavy atom. The molecule has 0 fully saturated rings. The van der Waals surface area contributed by atoms with Crippen LogP contribution in [0.3, 0.4) is 0 Å². The molecule has 1 rings (SSSR count). The van der Waals surface area contributed by atoms with Crippen LogP contribution in [0.2, 0.25) is 0 Å². The number of anilines is 1. The Morgan fingerprint density at radius 1 is 1.50 bits per heavy atom. The first-order valence-corrected chi connectivity index (χ1v) is 3.96. The SMILES string of the molecule is CC(/C=N/O)=N/Nc1ccccc1F. The standard InChI is InChI=1S/C9H10FN3O/c1-7(6-11-14)12-13-9-5-3-2-4-8(9)10/h2-6,13-14H,1H3/b11-6+,12-7-. The highest BCUT2D eigenvalue weighted by atomic mass is 19.1. The molecule has 0 unspecified atom stereocenters. The lowest BCUT2D eigenvalue weighted by Crippen LogP contribution is -1.99. The summed E-state index contributed by atoms with van der Waals surface area (Å²) in [6.45, 7) is 1.62. The lowest BCUT2D eigenvalue weighted by Gasteiger charge is -2.01. The molecule has 14 heavy (non-hydrogen) atoms. The number of hydrogen-bond acceptors (Lipinski definition) is 4. The van der Waals surface area contributed by atoms with Crippen LogP contribution in [-0.4, -0.2) is 17.1 Å². The summed E-state index contributed by atoms with van der Waals surface area (Å²) in [7, 11) is 0. The minimum Gasteiger partial charge on any atom is -0.411 e. The van der Waals surface area contributed by atoms with Crippen molar-refractivity contribution in [1.82, 2.24) is 0 Å². The van der Waals surface area contributed by atoms with Gasteiger partial charge >= 0.3 is 0 Å². The summed E-state index contributed by atoms with van der Waals surface area (Å²) < 4.78 is 13.0. The summed E-state index contributed by atoms with van der Waals surface area (Å²) in [6, 6.07) is 6.16. The van der Waals surface area contributed by atoms with Crippen LogP contribution in [0.4, 0.5) is 10.1 Å². The van der Waals surface area contributed by atoms with Crippen LogP contribution in [0.25, 0.3) is 0 Å². The number of oxime groups is 1. The Bertz CT molecular complexity index is 363. The topological polar surface area (TPSA) is 57.0 Å². The minimum atomic E-state index is -0.384. The Kier molecular flexibility index (Phi) is 3.60. The highest BCUT2D eigenvalue weighted by Gasteiger charge is 1.97. The molecule has 1 aromatic rings. The molecule has 0 atom stereocenters. The van der Waals surface area contributed by atoms with Crippen molar-refractivity contribution in [2.75, 3.05) is 5.43 Å². The van der Waals surface area contributed by atoms with Gasteiger partial charge in [-0.1, -0.05) is 17.3 Å². The highest BCUT2D eigenvalue weighted by molar-refractivity contribution is 6.29. The molecule has 0 aliphatic carbocycles. The summed E-state index contributed by atoms with van der Waals surface area (Å²) in [5.74, 6) is -0.384. The second-order valence-electron chi connectivity index (χ2n) is 2.59. The molecule has 0 aliphatic rings. The lowest BCUT2D eigenvalue weighted by atomic mass is 10.3. The number of rotatable bonds is 3. The zero-order valence-corrected chi connectivity index (χ0v) is 7.61. The van der Waals surface area contributed by atoms with Crippen molar-refractivity contribution < 1.29 is 9.60 Å². The van der Waals surface area contributed by atoms with E-state index in [0.29, 0.717) is 5.71 Å². The number of para-hydroxylation sites is 1. The van der Waals surface area contributed by atoms with E-state index in [1.54, 1.807) is 25.1 Å². The van der Waals surface area contributed by atoms with Crippen molar-refractivity contribution in [1.29, 1.82) is 0 Å². The first kappa shape index (κ1) is 10.2. The predicted octanol–water partition coefficient (Wildman–Crippen LogP) is 2.07. The minimum absolute atomic E-state index is 0.276. The quantitative estimate of drug-likeness (QED) is 0.440. The van der Waals surface area contributed by atoms with Crippen LogP contribution in [0.1, 0.15) is 6.92 Å². The summed E-state index contributed by atoms with van der Waals surface area (Å²) in [5.41, 5.74) is 3.22. The average molecular weight is 195 g/mol. The van der Waals surface area contributed by atoms with Crippen LogP contribution in [-0.2, 0) is 0 Å². The molecule has 74 valence electrons. The van der Waals surface area contributed by atoms with E-state index in [1.807, 2.05) is 0 Å². The Morgan fingerprint density at radius 2 is 2.21 bits per heavy atom. The number of halogens is 1. The van der Waals surface area contributed by atoms with Gasteiger partial charge in [0.2, 0.25) is 0 Å². The van der Waals surface area contributed by atoms with E-state index in [0.717, 1.165) is 6.21 Å².